The van der Waals surface area contributed by atoms with Crippen LogP contribution in [0, 0.1) is 5.82 Å². The third kappa shape index (κ3) is 4.56. The molecule has 0 saturated carbocycles. The van der Waals surface area contributed by atoms with Crippen molar-refractivity contribution in [1.82, 2.24) is 9.55 Å². The highest BCUT2D eigenvalue weighted by molar-refractivity contribution is 7.99. The molecule has 0 spiro atoms. The summed E-state index contributed by atoms with van der Waals surface area (Å²) in [5.74, 6) is -1.05. The van der Waals surface area contributed by atoms with Gasteiger partial charge in [-0.15, -0.1) is 11.3 Å². The minimum Gasteiger partial charge on any atom is -0.323 e. The highest BCUT2D eigenvalue weighted by Gasteiger charge is 2.15. The van der Waals surface area contributed by atoms with Crippen LogP contribution in [0.25, 0.3) is 10.2 Å². The molecule has 0 radical (unpaired) electrons. The molecule has 0 saturated heterocycles. The van der Waals surface area contributed by atoms with Gasteiger partial charge in [0.15, 0.2) is 5.16 Å². The molecule has 5 nitrogen and oxygen atoms in total. The molecule has 0 atom stereocenters. The lowest BCUT2D eigenvalue weighted by Gasteiger charge is -2.12. The Balaban J connectivity index is 1.57. The van der Waals surface area contributed by atoms with Gasteiger partial charge in [-0.1, -0.05) is 53.7 Å². The lowest BCUT2D eigenvalue weighted by atomic mass is 10.2. The minimum atomic E-state index is -0.611. The first-order chi connectivity index (χ1) is 14.5. The molecular formula is C21H15ClFN3O2S2. The summed E-state index contributed by atoms with van der Waals surface area (Å²) in [5.41, 5.74) is 1.45. The molecule has 30 heavy (non-hydrogen) atoms. The largest absolute Gasteiger partial charge is 0.323 e. The van der Waals surface area contributed by atoms with Crippen molar-refractivity contribution < 1.29 is 9.18 Å². The maximum atomic E-state index is 13.9. The average Bonchev–Trinajstić information content (AvgIpc) is 3.20. The van der Waals surface area contributed by atoms with E-state index in [1.54, 1.807) is 10.6 Å². The first-order valence-corrected chi connectivity index (χ1v) is 11.2. The normalized spacial score (nSPS) is 11.0. The molecular weight excluding hydrogens is 445 g/mol. The van der Waals surface area contributed by atoms with Crippen molar-refractivity contribution in [1.29, 1.82) is 0 Å². The maximum absolute atomic E-state index is 13.9. The van der Waals surface area contributed by atoms with Gasteiger partial charge >= 0.3 is 0 Å². The van der Waals surface area contributed by atoms with Gasteiger partial charge in [0.2, 0.25) is 5.91 Å². The van der Waals surface area contributed by atoms with E-state index in [1.165, 1.54) is 23.5 Å². The van der Waals surface area contributed by atoms with E-state index in [9.17, 15) is 14.0 Å². The smallest absolute Gasteiger partial charge is 0.272 e. The van der Waals surface area contributed by atoms with Gasteiger partial charge in [0.25, 0.3) is 5.56 Å². The number of nitrogens with one attached hydrogen (secondary N) is 1. The second-order valence-corrected chi connectivity index (χ2v) is 8.66. The van der Waals surface area contributed by atoms with Crippen LogP contribution in [0.1, 0.15) is 5.56 Å². The van der Waals surface area contributed by atoms with E-state index in [-0.39, 0.29) is 22.0 Å². The van der Waals surface area contributed by atoms with Crippen molar-refractivity contribution in [2.24, 2.45) is 0 Å². The third-order valence-electron chi connectivity index (χ3n) is 4.25. The van der Waals surface area contributed by atoms with Crippen LogP contribution in [-0.2, 0) is 11.3 Å². The van der Waals surface area contributed by atoms with E-state index >= 15 is 0 Å². The van der Waals surface area contributed by atoms with E-state index in [4.69, 9.17) is 11.6 Å². The van der Waals surface area contributed by atoms with Crippen molar-refractivity contribution >= 4 is 56.5 Å². The van der Waals surface area contributed by atoms with Gasteiger partial charge in [-0.05, 0) is 35.2 Å². The number of thioether (sulfide) groups is 1. The SMILES string of the molecule is O=C(CSc1nc2ccsc2c(=O)n1Cc1ccccc1)Nc1ccc(Cl)cc1F. The van der Waals surface area contributed by atoms with Crippen molar-refractivity contribution in [2.75, 3.05) is 11.1 Å². The number of nitrogens with zero attached hydrogens (tertiary/aromatic N) is 2. The molecule has 0 fully saturated rings. The van der Waals surface area contributed by atoms with Crippen LogP contribution < -0.4 is 10.9 Å². The number of carbonyl (C=O) groups is 1. The topological polar surface area (TPSA) is 64.0 Å². The Hall–Kier alpha value is -2.68. The molecule has 0 bridgehead atoms. The fourth-order valence-electron chi connectivity index (χ4n) is 2.85. The molecule has 0 unspecified atom stereocenters. The third-order valence-corrected chi connectivity index (χ3v) is 6.36. The Labute approximate surface area is 184 Å². The standard InChI is InChI=1S/C21H15ClFN3O2S2/c22-14-6-7-16(15(23)10-14)24-18(27)12-30-21-25-17-8-9-29-19(17)20(28)26(21)11-13-4-2-1-3-5-13/h1-10H,11-12H2,(H,24,27). The van der Waals surface area contributed by atoms with Gasteiger partial charge < -0.3 is 5.32 Å². The van der Waals surface area contributed by atoms with E-state index in [0.29, 0.717) is 21.9 Å². The summed E-state index contributed by atoms with van der Waals surface area (Å²) in [6.07, 6.45) is 0. The predicted molar refractivity (Wildman–Crippen MR) is 120 cm³/mol. The van der Waals surface area contributed by atoms with Crippen molar-refractivity contribution in [3.8, 4) is 0 Å². The molecule has 9 heteroatoms. The Kier molecular flexibility index (Phi) is 6.17. The number of hydrogen-bond donors (Lipinski definition) is 1. The summed E-state index contributed by atoms with van der Waals surface area (Å²) in [7, 11) is 0. The van der Waals surface area contributed by atoms with Crippen molar-refractivity contribution in [2.45, 2.75) is 11.7 Å². The molecule has 0 aliphatic rings. The summed E-state index contributed by atoms with van der Waals surface area (Å²) in [6.45, 7) is 0.344. The molecule has 2 aromatic heterocycles. The van der Waals surface area contributed by atoms with Crippen molar-refractivity contribution in [3.63, 3.8) is 0 Å². The summed E-state index contributed by atoms with van der Waals surface area (Å²) in [6, 6.07) is 15.4. The van der Waals surface area contributed by atoms with E-state index in [2.05, 4.69) is 10.3 Å². The average molecular weight is 460 g/mol. The van der Waals surface area contributed by atoms with Crippen LogP contribution in [-0.4, -0.2) is 21.2 Å². The number of rotatable bonds is 6. The lowest BCUT2D eigenvalue weighted by Crippen LogP contribution is -2.24. The molecule has 2 aromatic carbocycles. The monoisotopic (exact) mass is 459 g/mol. The Morgan fingerprint density at radius 2 is 2.00 bits per heavy atom. The van der Waals surface area contributed by atoms with E-state index in [1.807, 2.05) is 35.7 Å². The fraction of sp³-hybridized carbons (Fsp3) is 0.0952. The lowest BCUT2D eigenvalue weighted by molar-refractivity contribution is -0.113. The van der Waals surface area contributed by atoms with Gasteiger partial charge in [0.1, 0.15) is 10.5 Å². The predicted octanol–water partition coefficient (Wildman–Crippen LogP) is 5.03. The Morgan fingerprint density at radius 1 is 1.20 bits per heavy atom. The number of thiophene rings is 1. The second-order valence-electron chi connectivity index (χ2n) is 6.37. The fourth-order valence-corrected chi connectivity index (χ4v) is 4.58. The zero-order valence-corrected chi connectivity index (χ0v) is 17.9. The molecule has 1 N–H and O–H groups in total. The number of fused-ring (bicyclic) bond motifs is 1. The summed E-state index contributed by atoms with van der Waals surface area (Å²) in [5, 5.41) is 5.01. The Morgan fingerprint density at radius 3 is 2.77 bits per heavy atom. The Bertz CT molecular complexity index is 1270. The molecule has 0 aliphatic heterocycles. The molecule has 4 rings (SSSR count). The van der Waals surface area contributed by atoms with Crippen molar-refractivity contribution in [3.05, 3.63) is 86.7 Å². The van der Waals surface area contributed by atoms with E-state index < -0.39 is 11.7 Å². The van der Waals surface area contributed by atoms with Crippen LogP contribution in [0.3, 0.4) is 0 Å². The summed E-state index contributed by atoms with van der Waals surface area (Å²) in [4.78, 5) is 29.9. The number of hydrogen-bond acceptors (Lipinski definition) is 5. The van der Waals surface area contributed by atoms with E-state index in [0.717, 1.165) is 23.4 Å². The van der Waals surface area contributed by atoms with Gasteiger partial charge in [0.05, 0.1) is 23.5 Å². The van der Waals surface area contributed by atoms with Crippen LogP contribution in [0.15, 0.2) is 69.9 Å². The molecule has 1 amide bonds. The number of aromatic nitrogens is 2. The van der Waals surface area contributed by atoms with Crippen LogP contribution in [0.2, 0.25) is 5.02 Å². The number of benzene rings is 2. The summed E-state index contributed by atoms with van der Waals surface area (Å²) >= 11 is 8.21. The number of halogens is 2. The highest BCUT2D eigenvalue weighted by atomic mass is 35.5. The van der Waals surface area contributed by atoms with Gasteiger partial charge in [-0.3, -0.25) is 14.2 Å². The number of carbonyl (C=O) groups excluding carboxylic acids is 1. The number of anilines is 1. The molecule has 4 aromatic rings. The van der Waals surface area contributed by atoms with Crippen LogP contribution >= 0.6 is 34.7 Å². The maximum Gasteiger partial charge on any atom is 0.272 e. The molecule has 152 valence electrons. The highest BCUT2D eigenvalue weighted by Crippen LogP contribution is 2.23. The summed E-state index contributed by atoms with van der Waals surface area (Å²) < 4.78 is 16.0. The zero-order chi connectivity index (χ0) is 21.1. The van der Waals surface area contributed by atoms with Crippen LogP contribution in [0.5, 0.6) is 0 Å². The first-order valence-electron chi connectivity index (χ1n) is 8.91. The molecule has 0 aliphatic carbocycles. The zero-order valence-electron chi connectivity index (χ0n) is 15.5. The van der Waals surface area contributed by atoms with Gasteiger partial charge in [0, 0.05) is 5.02 Å². The quantitative estimate of drug-likeness (QED) is 0.324. The minimum absolute atomic E-state index is 0.0288. The second kappa shape index (κ2) is 8.99. The number of amides is 1. The van der Waals surface area contributed by atoms with Gasteiger partial charge in [-0.2, -0.15) is 0 Å². The van der Waals surface area contributed by atoms with Gasteiger partial charge in [-0.25, -0.2) is 9.37 Å². The molecule has 2 heterocycles. The first kappa shape index (κ1) is 20.6. The van der Waals surface area contributed by atoms with Crippen LogP contribution in [0.4, 0.5) is 10.1 Å².